The van der Waals surface area contributed by atoms with Crippen LogP contribution >= 0.6 is 0 Å². The summed E-state index contributed by atoms with van der Waals surface area (Å²) in [5, 5.41) is 11.1. The van der Waals surface area contributed by atoms with Crippen LogP contribution in [0, 0.1) is 0 Å². The number of fused-ring (bicyclic) bond motifs is 11. The minimum absolute atomic E-state index is 0.929. The van der Waals surface area contributed by atoms with Crippen LogP contribution in [0.3, 0.4) is 0 Å². The molecule has 5 aromatic carbocycles. The molecule has 3 nitrogen and oxygen atoms in total. The SMILES string of the molecule is c1ccc2c(c1)ccc1c3cc4c(cc3ccc21)c1ccc[nH]c1c1ncnc41. The largest absolute Gasteiger partial charge is 0.359 e. The molecular formula is C26H15N3. The minimum Gasteiger partial charge on any atom is -0.359 e. The predicted octanol–water partition coefficient (Wildman–Crippen LogP) is 6.72. The van der Waals surface area contributed by atoms with Crippen molar-refractivity contribution in [2.24, 2.45) is 0 Å². The third kappa shape index (κ3) is 1.91. The van der Waals surface area contributed by atoms with E-state index in [4.69, 9.17) is 0 Å². The van der Waals surface area contributed by atoms with Gasteiger partial charge in [0, 0.05) is 17.0 Å². The minimum atomic E-state index is 0.929. The average molecular weight is 369 g/mol. The molecule has 3 heteroatoms. The van der Waals surface area contributed by atoms with Crippen LogP contribution in [0.4, 0.5) is 0 Å². The Morgan fingerprint density at radius 2 is 1.31 bits per heavy atom. The molecule has 1 N–H and O–H groups in total. The van der Waals surface area contributed by atoms with Crippen molar-refractivity contribution >= 4 is 65.0 Å². The molecule has 0 bridgehead atoms. The number of nitrogens with one attached hydrogen (secondary N) is 1. The van der Waals surface area contributed by atoms with E-state index in [9.17, 15) is 0 Å². The number of aromatic nitrogens is 3. The van der Waals surface area contributed by atoms with Gasteiger partial charge < -0.3 is 4.98 Å². The molecule has 7 aromatic rings. The number of rotatable bonds is 0. The van der Waals surface area contributed by atoms with E-state index in [-0.39, 0.29) is 0 Å². The lowest BCUT2D eigenvalue weighted by Crippen LogP contribution is -1.87. The van der Waals surface area contributed by atoms with Crippen LogP contribution in [-0.2, 0) is 0 Å². The Kier molecular flexibility index (Phi) is 2.74. The molecule has 134 valence electrons. The van der Waals surface area contributed by atoms with Crippen LogP contribution < -0.4 is 0 Å². The maximum absolute atomic E-state index is 4.60. The molecule has 7 rings (SSSR count). The van der Waals surface area contributed by atoms with Gasteiger partial charge in [-0.25, -0.2) is 9.97 Å². The van der Waals surface area contributed by atoms with E-state index >= 15 is 0 Å². The number of aromatic amines is 1. The molecule has 0 amide bonds. The third-order valence-corrected chi connectivity index (χ3v) is 6.12. The summed E-state index contributed by atoms with van der Waals surface area (Å²) in [6, 6.07) is 26.3. The third-order valence-electron chi connectivity index (χ3n) is 6.12. The molecule has 0 atom stereocenters. The van der Waals surface area contributed by atoms with Crippen molar-refractivity contribution in [3.05, 3.63) is 85.3 Å². The van der Waals surface area contributed by atoms with Crippen LogP contribution in [0.5, 0.6) is 0 Å². The molecule has 0 aliphatic rings. The van der Waals surface area contributed by atoms with E-state index in [1.54, 1.807) is 6.33 Å². The number of hydrogen-bond donors (Lipinski definition) is 1. The van der Waals surface area contributed by atoms with Crippen molar-refractivity contribution in [2.75, 3.05) is 0 Å². The molecule has 0 aliphatic heterocycles. The van der Waals surface area contributed by atoms with Gasteiger partial charge in [0.2, 0.25) is 0 Å². The lowest BCUT2D eigenvalue weighted by atomic mass is 9.93. The smallest absolute Gasteiger partial charge is 0.117 e. The maximum Gasteiger partial charge on any atom is 0.117 e. The number of benzene rings is 5. The van der Waals surface area contributed by atoms with E-state index < -0.39 is 0 Å². The van der Waals surface area contributed by atoms with Gasteiger partial charge in [0.05, 0.1) is 5.52 Å². The predicted molar refractivity (Wildman–Crippen MR) is 121 cm³/mol. The van der Waals surface area contributed by atoms with Crippen molar-refractivity contribution in [2.45, 2.75) is 0 Å². The number of H-pyrrole nitrogens is 1. The highest BCUT2D eigenvalue weighted by Crippen LogP contribution is 2.38. The van der Waals surface area contributed by atoms with Gasteiger partial charge >= 0.3 is 0 Å². The van der Waals surface area contributed by atoms with E-state index in [2.05, 4.69) is 81.7 Å². The van der Waals surface area contributed by atoms with Gasteiger partial charge in [-0.05, 0) is 55.9 Å². The fourth-order valence-corrected chi connectivity index (χ4v) is 4.79. The number of hydrogen-bond acceptors (Lipinski definition) is 2. The Bertz CT molecular complexity index is 1760. The number of imidazole rings is 1. The van der Waals surface area contributed by atoms with Gasteiger partial charge in [-0.15, -0.1) is 0 Å². The van der Waals surface area contributed by atoms with Crippen LogP contribution in [0.1, 0.15) is 0 Å². The van der Waals surface area contributed by atoms with Crippen molar-refractivity contribution in [1.82, 2.24) is 15.0 Å². The zero-order valence-corrected chi connectivity index (χ0v) is 15.5. The van der Waals surface area contributed by atoms with E-state index in [1.807, 2.05) is 12.3 Å². The fraction of sp³-hybridized carbons (Fsp3) is 0. The maximum atomic E-state index is 4.60. The first kappa shape index (κ1) is 15.0. The molecule has 2 heterocycles. The van der Waals surface area contributed by atoms with Crippen LogP contribution in [0.25, 0.3) is 65.0 Å². The summed E-state index contributed by atoms with van der Waals surface area (Å²) in [6.45, 7) is 0. The van der Waals surface area contributed by atoms with Gasteiger partial charge in [0.25, 0.3) is 0 Å². The monoisotopic (exact) mass is 369 g/mol. The standard InChI is InChI=1S/C26H15N3/c1-2-5-17-15(4-1)7-9-19-18(17)10-8-16-12-22-20-6-3-11-27-24(20)26-25(28-14-29-26)23(22)13-21(16)19/h1-14,27H. The van der Waals surface area contributed by atoms with Gasteiger partial charge in [0.1, 0.15) is 17.4 Å². The molecule has 0 saturated heterocycles. The molecule has 29 heavy (non-hydrogen) atoms. The van der Waals surface area contributed by atoms with Crippen molar-refractivity contribution in [3.8, 4) is 0 Å². The molecule has 0 aliphatic carbocycles. The Labute approximate surface area is 165 Å². The Balaban J connectivity index is 1.74. The van der Waals surface area contributed by atoms with E-state index in [0.717, 1.165) is 21.9 Å². The van der Waals surface area contributed by atoms with Crippen LogP contribution in [0.2, 0.25) is 0 Å². The molecule has 0 saturated carbocycles. The summed E-state index contributed by atoms with van der Waals surface area (Å²) < 4.78 is 0. The summed E-state index contributed by atoms with van der Waals surface area (Å²) in [5.41, 5.74) is 2.92. The number of nitrogens with zero attached hydrogens (tertiary/aromatic N) is 2. The summed E-state index contributed by atoms with van der Waals surface area (Å²) in [6.07, 6.45) is 3.60. The Hall–Kier alpha value is -3.98. The second kappa shape index (κ2) is 5.30. The first-order valence-corrected chi connectivity index (χ1v) is 9.76. The molecule has 0 radical (unpaired) electrons. The summed E-state index contributed by atoms with van der Waals surface area (Å²) in [4.78, 5) is 12.5. The molecule has 0 fully saturated rings. The van der Waals surface area contributed by atoms with Crippen molar-refractivity contribution in [3.63, 3.8) is 0 Å². The second-order valence-electron chi connectivity index (χ2n) is 7.60. The zero-order valence-electron chi connectivity index (χ0n) is 15.5. The number of pyridine rings is 1. The Morgan fingerprint density at radius 1 is 0.517 bits per heavy atom. The second-order valence-corrected chi connectivity index (χ2v) is 7.60. The van der Waals surface area contributed by atoms with E-state index in [1.165, 1.54) is 43.1 Å². The van der Waals surface area contributed by atoms with E-state index in [0.29, 0.717) is 0 Å². The van der Waals surface area contributed by atoms with Crippen LogP contribution in [-0.4, -0.2) is 15.0 Å². The zero-order chi connectivity index (χ0) is 18.9. The summed E-state index contributed by atoms with van der Waals surface area (Å²) in [5.74, 6) is 0. The lowest BCUT2D eigenvalue weighted by Gasteiger charge is -2.11. The molecule has 0 spiro atoms. The first-order chi connectivity index (χ1) is 14.4. The molecular weight excluding hydrogens is 354 g/mol. The van der Waals surface area contributed by atoms with Crippen molar-refractivity contribution in [1.29, 1.82) is 0 Å². The molecule has 0 unspecified atom stereocenters. The van der Waals surface area contributed by atoms with Crippen LogP contribution in [0.15, 0.2) is 85.3 Å². The normalized spacial score (nSPS) is 12.1. The van der Waals surface area contributed by atoms with Gasteiger partial charge in [-0.1, -0.05) is 54.6 Å². The highest BCUT2D eigenvalue weighted by Gasteiger charge is 2.13. The van der Waals surface area contributed by atoms with Gasteiger partial charge in [-0.3, -0.25) is 0 Å². The quantitative estimate of drug-likeness (QED) is 0.238. The highest BCUT2D eigenvalue weighted by atomic mass is 14.9. The molecule has 2 aromatic heterocycles. The van der Waals surface area contributed by atoms with Gasteiger partial charge in [0.15, 0.2) is 0 Å². The fourth-order valence-electron chi connectivity index (χ4n) is 4.79. The first-order valence-electron chi connectivity index (χ1n) is 9.76. The lowest BCUT2D eigenvalue weighted by molar-refractivity contribution is 1.34. The average Bonchev–Trinajstić information content (AvgIpc) is 3.28. The van der Waals surface area contributed by atoms with Gasteiger partial charge in [-0.2, -0.15) is 0 Å². The van der Waals surface area contributed by atoms with Crippen molar-refractivity contribution < 1.29 is 0 Å². The topological polar surface area (TPSA) is 41.6 Å². The Morgan fingerprint density at radius 3 is 2.28 bits per heavy atom. The summed E-state index contributed by atoms with van der Waals surface area (Å²) >= 11 is 0. The summed E-state index contributed by atoms with van der Waals surface area (Å²) in [7, 11) is 0. The highest BCUT2D eigenvalue weighted by molar-refractivity contribution is 6.27.